The van der Waals surface area contributed by atoms with E-state index in [4.69, 9.17) is 0 Å². The second kappa shape index (κ2) is 5.34. The summed E-state index contributed by atoms with van der Waals surface area (Å²) in [4.78, 5) is 0. The minimum Gasteiger partial charge on any atom is -0.0801 e. The van der Waals surface area contributed by atoms with Crippen molar-refractivity contribution in [2.24, 2.45) is 0 Å². The molecule has 0 unspecified atom stereocenters. The predicted molar refractivity (Wildman–Crippen MR) is 89.2 cm³/mol. The van der Waals surface area contributed by atoms with Gasteiger partial charge < -0.3 is 0 Å². The van der Waals surface area contributed by atoms with E-state index in [1.54, 1.807) is 5.57 Å². The zero-order valence-electron chi connectivity index (χ0n) is 11.8. The normalized spacial score (nSPS) is 24.2. The highest BCUT2D eigenvalue weighted by Crippen LogP contribution is 2.65. The second-order valence-corrected chi connectivity index (χ2v) is 8.76. The number of rotatable bonds is 4. The van der Waals surface area contributed by atoms with Gasteiger partial charge in [0.15, 0.2) is 0 Å². The fraction of sp³-hybridized carbons (Fsp3) is 0.368. The van der Waals surface area contributed by atoms with Crippen LogP contribution in [0.5, 0.6) is 0 Å². The standard InChI is InChI=1S/C19H21P/c1-2-6-15(7-3-1)19-9-5-4-8-16(19)14-20(17-10-11-17)18-12-13-18/h1-7,9,14,17-18H,8,10-13H2. The Hall–Kier alpha value is -1.13. The molecule has 0 saturated heterocycles. The average molecular weight is 280 g/mol. The first-order valence-electron chi connectivity index (χ1n) is 7.82. The van der Waals surface area contributed by atoms with Gasteiger partial charge in [0.05, 0.1) is 0 Å². The van der Waals surface area contributed by atoms with Gasteiger partial charge in [-0.25, -0.2) is 0 Å². The number of benzene rings is 1. The van der Waals surface area contributed by atoms with Crippen LogP contribution in [0.2, 0.25) is 0 Å². The lowest BCUT2D eigenvalue weighted by atomic mass is 9.93. The van der Waals surface area contributed by atoms with Gasteiger partial charge in [0, 0.05) is 0 Å². The molecule has 0 amide bonds. The average Bonchev–Trinajstić information content (AvgIpc) is 3.40. The summed E-state index contributed by atoms with van der Waals surface area (Å²) in [6, 6.07) is 10.9. The summed E-state index contributed by atoms with van der Waals surface area (Å²) in [5, 5.41) is 0. The van der Waals surface area contributed by atoms with E-state index in [2.05, 4.69) is 54.4 Å². The van der Waals surface area contributed by atoms with Crippen molar-refractivity contribution < 1.29 is 0 Å². The van der Waals surface area contributed by atoms with Gasteiger partial charge in [-0.05, 0) is 60.1 Å². The third-order valence-corrected chi connectivity index (χ3v) is 7.74. The fourth-order valence-corrected chi connectivity index (χ4v) is 6.15. The molecule has 0 aliphatic heterocycles. The van der Waals surface area contributed by atoms with E-state index in [0.29, 0.717) is 0 Å². The number of hydrogen-bond donors (Lipinski definition) is 0. The Bertz CT molecular complexity index is 559. The van der Waals surface area contributed by atoms with Gasteiger partial charge in [-0.15, -0.1) is 0 Å². The van der Waals surface area contributed by atoms with Gasteiger partial charge >= 0.3 is 0 Å². The van der Waals surface area contributed by atoms with E-state index in [0.717, 1.165) is 17.7 Å². The van der Waals surface area contributed by atoms with Crippen molar-refractivity contribution in [2.45, 2.75) is 43.4 Å². The van der Waals surface area contributed by atoms with Crippen LogP contribution in [0.3, 0.4) is 0 Å². The Labute approximate surface area is 123 Å². The van der Waals surface area contributed by atoms with Crippen LogP contribution >= 0.6 is 7.92 Å². The highest BCUT2D eigenvalue weighted by atomic mass is 31.1. The van der Waals surface area contributed by atoms with Crippen LogP contribution in [0.25, 0.3) is 5.57 Å². The van der Waals surface area contributed by atoms with Crippen LogP contribution in [0.1, 0.15) is 37.7 Å². The highest BCUT2D eigenvalue weighted by Gasteiger charge is 2.40. The van der Waals surface area contributed by atoms with Crippen LogP contribution in [-0.2, 0) is 0 Å². The summed E-state index contributed by atoms with van der Waals surface area (Å²) in [5.74, 6) is 2.70. The molecule has 0 atom stereocenters. The molecule has 3 aliphatic rings. The van der Waals surface area contributed by atoms with Crippen LogP contribution in [0, 0.1) is 0 Å². The lowest BCUT2D eigenvalue weighted by molar-refractivity contribution is 1.27. The lowest BCUT2D eigenvalue weighted by Crippen LogP contribution is -1.95. The van der Waals surface area contributed by atoms with Crippen molar-refractivity contribution in [2.75, 3.05) is 0 Å². The largest absolute Gasteiger partial charge is 0.0801 e. The molecule has 102 valence electrons. The molecule has 0 nitrogen and oxygen atoms in total. The van der Waals surface area contributed by atoms with Crippen LogP contribution in [0.4, 0.5) is 0 Å². The van der Waals surface area contributed by atoms with E-state index in [-0.39, 0.29) is 7.92 Å². The summed E-state index contributed by atoms with van der Waals surface area (Å²) in [7, 11) is 0.167. The Morgan fingerprint density at radius 1 is 0.950 bits per heavy atom. The van der Waals surface area contributed by atoms with Gasteiger partial charge in [-0.1, -0.05) is 62.3 Å². The van der Waals surface area contributed by atoms with Gasteiger partial charge in [0.2, 0.25) is 0 Å². The maximum atomic E-state index is 2.70. The Morgan fingerprint density at radius 2 is 1.65 bits per heavy atom. The molecule has 0 spiro atoms. The molecule has 2 saturated carbocycles. The summed E-state index contributed by atoms with van der Waals surface area (Å²) in [5.41, 5.74) is 6.55. The predicted octanol–water partition coefficient (Wildman–Crippen LogP) is 5.72. The minimum atomic E-state index is 0.167. The van der Waals surface area contributed by atoms with Crippen molar-refractivity contribution in [1.29, 1.82) is 0 Å². The molecule has 0 N–H and O–H groups in total. The van der Waals surface area contributed by atoms with Crippen molar-refractivity contribution in [1.82, 2.24) is 0 Å². The molecule has 4 rings (SSSR count). The summed E-state index contributed by atoms with van der Waals surface area (Å²) in [6.45, 7) is 0. The molecule has 2 fully saturated rings. The van der Waals surface area contributed by atoms with Crippen LogP contribution < -0.4 is 0 Å². The van der Waals surface area contributed by atoms with Crippen molar-refractivity contribution in [3.05, 3.63) is 65.5 Å². The Morgan fingerprint density at radius 3 is 2.30 bits per heavy atom. The van der Waals surface area contributed by atoms with Gasteiger partial charge in [0.25, 0.3) is 0 Å². The fourth-order valence-electron chi connectivity index (χ4n) is 3.03. The molecule has 1 aromatic carbocycles. The van der Waals surface area contributed by atoms with E-state index in [1.165, 1.54) is 36.8 Å². The molecule has 1 aromatic rings. The summed E-state index contributed by atoms with van der Waals surface area (Å²) >= 11 is 0. The van der Waals surface area contributed by atoms with Crippen LogP contribution in [0.15, 0.2) is 60.0 Å². The van der Waals surface area contributed by atoms with Crippen LogP contribution in [-0.4, -0.2) is 11.3 Å². The first-order chi connectivity index (χ1) is 9.92. The Balaban J connectivity index is 1.65. The molecular weight excluding hydrogens is 259 g/mol. The van der Waals surface area contributed by atoms with Gasteiger partial charge in [0.1, 0.15) is 0 Å². The Kier molecular flexibility index (Phi) is 3.36. The minimum absolute atomic E-state index is 0.167. The third kappa shape index (κ3) is 2.67. The molecule has 0 radical (unpaired) electrons. The zero-order valence-corrected chi connectivity index (χ0v) is 12.7. The van der Waals surface area contributed by atoms with Gasteiger partial charge in [-0.3, -0.25) is 0 Å². The lowest BCUT2D eigenvalue weighted by Gasteiger charge is -2.19. The third-order valence-electron chi connectivity index (χ3n) is 4.41. The van der Waals surface area contributed by atoms with E-state index < -0.39 is 0 Å². The van der Waals surface area contributed by atoms with Crippen molar-refractivity contribution in [3.8, 4) is 0 Å². The second-order valence-electron chi connectivity index (χ2n) is 6.14. The number of hydrogen-bond acceptors (Lipinski definition) is 0. The zero-order chi connectivity index (χ0) is 13.4. The summed E-state index contributed by atoms with van der Waals surface area (Å²) in [6.07, 6.45) is 13.9. The number of allylic oxidation sites excluding steroid dienone is 5. The van der Waals surface area contributed by atoms with Crippen molar-refractivity contribution >= 4 is 13.5 Å². The van der Waals surface area contributed by atoms with E-state index >= 15 is 0 Å². The molecule has 3 aliphatic carbocycles. The maximum absolute atomic E-state index is 2.70. The first-order valence-corrected chi connectivity index (χ1v) is 9.37. The smallest absolute Gasteiger partial charge is 0.00878 e. The van der Waals surface area contributed by atoms with Crippen molar-refractivity contribution in [3.63, 3.8) is 0 Å². The molecule has 0 bridgehead atoms. The molecule has 0 heterocycles. The first kappa shape index (κ1) is 12.6. The van der Waals surface area contributed by atoms with E-state index in [1.807, 2.05) is 0 Å². The monoisotopic (exact) mass is 280 g/mol. The highest BCUT2D eigenvalue weighted by molar-refractivity contribution is 7.63. The summed E-state index contributed by atoms with van der Waals surface area (Å²) < 4.78 is 0. The SMILES string of the molecule is C1=CCC(=CP(C2CC2)C2CC2)C(c2ccccc2)=C1. The van der Waals surface area contributed by atoms with Gasteiger partial charge in [-0.2, -0.15) is 0 Å². The van der Waals surface area contributed by atoms with E-state index in [9.17, 15) is 0 Å². The topological polar surface area (TPSA) is 0 Å². The molecule has 1 heteroatoms. The quantitative estimate of drug-likeness (QED) is 0.619. The molecule has 0 aromatic heterocycles. The maximum Gasteiger partial charge on any atom is -0.00878 e. The molecule has 20 heavy (non-hydrogen) atoms. The molecular formula is C19H21P.